The number of hydrogen-bond acceptors (Lipinski definition) is 2. The van der Waals surface area contributed by atoms with E-state index in [9.17, 15) is 4.79 Å². The van der Waals surface area contributed by atoms with Crippen LogP contribution in [0.1, 0.15) is 37.3 Å². The highest BCUT2D eigenvalue weighted by Crippen LogP contribution is 2.42. The molecule has 3 rings (SSSR count). The number of benzene rings is 1. The molecular weight excluding hydrogens is 296 g/mol. The van der Waals surface area contributed by atoms with Crippen LogP contribution in [0.25, 0.3) is 0 Å². The van der Waals surface area contributed by atoms with E-state index in [2.05, 4.69) is 23.8 Å². The number of halogens is 1. The maximum atomic E-state index is 11.9. The minimum atomic E-state index is -0.105. The molecule has 4 heteroatoms. The monoisotopic (exact) mass is 318 g/mol. The Bertz CT molecular complexity index is 543. The molecule has 0 saturated carbocycles. The highest BCUT2D eigenvalue weighted by molar-refractivity contribution is 6.30. The fraction of sp³-hybridized carbons (Fsp3) is 0.500. The molecule has 1 N–H and O–H groups in total. The summed E-state index contributed by atoms with van der Waals surface area (Å²) in [5.41, 5.74) is 1.13. The lowest BCUT2D eigenvalue weighted by Crippen LogP contribution is -2.44. The molecule has 1 aromatic carbocycles. The molecule has 0 radical (unpaired) electrons. The van der Waals surface area contributed by atoms with Crippen LogP contribution in [0.2, 0.25) is 5.02 Å². The highest BCUT2D eigenvalue weighted by Gasteiger charge is 2.41. The Morgan fingerprint density at radius 2 is 1.91 bits per heavy atom. The van der Waals surface area contributed by atoms with Gasteiger partial charge in [-0.15, -0.1) is 0 Å². The van der Waals surface area contributed by atoms with Crippen LogP contribution in [0, 0.1) is 5.92 Å². The van der Waals surface area contributed by atoms with Gasteiger partial charge in [-0.1, -0.05) is 30.3 Å². The van der Waals surface area contributed by atoms with Crippen LogP contribution in [0.5, 0.6) is 0 Å². The summed E-state index contributed by atoms with van der Waals surface area (Å²) in [6, 6.07) is 9.19. The van der Waals surface area contributed by atoms with Gasteiger partial charge in [-0.3, -0.25) is 4.79 Å². The van der Waals surface area contributed by atoms with Gasteiger partial charge in [0, 0.05) is 17.1 Å². The van der Waals surface area contributed by atoms with Gasteiger partial charge in [0.25, 0.3) is 0 Å². The molecule has 3 unspecified atom stereocenters. The van der Waals surface area contributed by atoms with E-state index in [-0.39, 0.29) is 11.9 Å². The number of rotatable bonds is 4. The van der Waals surface area contributed by atoms with Crippen molar-refractivity contribution in [3.05, 3.63) is 47.5 Å². The summed E-state index contributed by atoms with van der Waals surface area (Å²) < 4.78 is 0. The van der Waals surface area contributed by atoms with Gasteiger partial charge in [-0.05, 0) is 62.4 Å². The Balaban J connectivity index is 1.83. The second-order valence-corrected chi connectivity index (χ2v) is 6.96. The van der Waals surface area contributed by atoms with Gasteiger partial charge in [-0.2, -0.15) is 0 Å². The van der Waals surface area contributed by atoms with E-state index in [1.165, 1.54) is 18.9 Å². The molecule has 118 valence electrons. The van der Waals surface area contributed by atoms with Crippen LogP contribution in [0.4, 0.5) is 0 Å². The van der Waals surface area contributed by atoms with E-state index in [1.54, 1.807) is 0 Å². The molecule has 1 aromatic rings. The zero-order valence-corrected chi connectivity index (χ0v) is 13.7. The summed E-state index contributed by atoms with van der Waals surface area (Å²) in [5.74, 6) is 0.366. The summed E-state index contributed by atoms with van der Waals surface area (Å²) in [7, 11) is 2.23. The van der Waals surface area contributed by atoms with Crippen LogP contribution in [0.15, 0.2) is 36.9 Å². The summed E-state index contributed by atoms with van der Waals surface area (Å²) in [6.07, 6.45) is 6.18. The van der Waals surface area contributed by atoms with Gasteiger partial charge in [-0.25, -0.2) is 0 Å². The maximum Gasteiger partial charge on any atom is 0.243 e. The van der Waals surface area contributed by atoms with Crippen molar-refractivity contribution in [1.82, 2.24) is 10.2 Å². The van der Waals surface area contributed by atoms with Crippen molar-refractivity contribution in [1.29, 1.82) is 0 Å². The van der Waals surface area contributed by atoms with Gasteiger partial charge in [0.15, 0.2) is 0 Å². The molecule has 0 aliphatic carbocycles. The first kappa shape index (κ1) is 15.6. The predicted octanol–water partition coefficient (Wildman–Crippen LogP) is 3.56. The average molecular weight is 319 g/mol. The van der Waals surface area contributed by atoms with Crippen molar-refractivity contribution in [2.24, 2.45) is 5.92 Å². The fourth-order valence-corrected chi connectivity index (χ4v) is 4.21. The third-order valence-electron chi connectivity index (χ3n) is 5.32. The smallest absolute Gasteiger partial charge is 0.243 e. The topological polar surface area (TPSA) is 32.3 Å². The van der Waals surface area contributed by atoms with Crippen molar-refractivity contribution in [2.45, 2.75) is 43.8 Å². The number of carbonyl (C=O) groups excluding carboxylic acids is 1. The van der Waals surface area contributed by atoms with Crippen LogP contribution >= 0.6 is 11.6 Å². The molecule has 0 spiro atoms. The fourth-order valence-electron chi connectivity index (χ4n) is 4.08. The minimum Gasteiger partial charge on any atom is -0.345 e. The van der Waals surface area contributed by atoms with E-state index in [4.69, 9.17) is 11.6 Å². The van der Waals surface area contributed by atoms with E-state index >= 15 is 0 Å². The number of nitrogens with zero attached hydrogens (tertiary/aromatic N) is 1. The largest absolute Gasteiger partial charge is 0.345 e. The Kier molecular flexibility index (Phi) is 4.55. The van der Waals surface area contributed by atoms with Crippen molar-refractivity contribution < 1.29 is 4.79 Å². The molecule has 2 bridgehead atoms. The van der Waals surface area contributed by atoms with E-state index < -0.39 is 0 Å². The quantitative estimate of drug-likeness (QED) is 0.861. The van der Waals surface area contributed by atoms with Crippen molar-refractivity contribution >= 4 is 17.5 Å². The van der Waals surface area contributed by atoms with Gasteiger partial charge < -0.3 is 10.2 Å². The Morgan fingerprint density at radius 3 is 2.45 bits per heavy atom. The summed E-state index contributed by atoms with van der Waals surface area (Å²) in [4.78, 5) is 14.4. The third-order valence-corrected chi connectivity index (χ3v) is 5.57. The van der Waals surface area contributed by atoms with Crippen molar-refractivity contribution in [2.75, 3.05) is 7.05 Å². The summed E-state index contributed by atoms with van der Waals surface area (Å²) in [6.45, 7) is 3.58. The first-order valence-electron chi connectivity index (χ1n) is 7.99. The van der Waals surface area contributed by atoms with E-state index in [0.717, 1.165) is 23.4 Å². The number of piperidine rings is 1. The minimum absolute atomic E-state index is 0.0413. The number of fused-ring (bicyclic) bond motifs is 2. The van der Waals surface area contributed by atoms with Gasteiger partial charge in [0.05, 0.1) is 6.04 Å². The van der Waals surface area contributed by atoms with Crippen LogP contribution in [-0.2, 0) is 4.79 Å². The average Bonchev–Trinajstić information content (AvgIpc) is 2.75. The number of carbonyl (C=O) groups is 1. The molecular formula is C18H23ClN2O. The molecule has 2 saturated heterocycles. The Hall–Kier alpha value is -1.32. The highest BCUT2D eigenvalue weighted by atomic mass is 35.5. The summed E-state index contributed by atoms with van der Waals surface area (Å²) in [5, 5.41) is 3.86. The van der Waals surface area contributed by atoms with Gasteiger partial charge in [0.2, 0.25) is 5.91 Å². The molecule has 22 heavy (non-hydrogen) atoms. The van der Waals surface area contributed by atoms with E-state index in [1.807, 2.05) is 24.3 Å². The van der Waals surface area contributed by atoms with Crippen LogP contribution in [0.3, 0.4) is 0 Å². The first-order chi connectivity index (χ1) is 10.6. The lowest BCUT2D eigenvalue weighted by Gasteiger charge is -2.40. The van der Waals surface area contributed by atoms with Gasteiger partial charge in [0.1, 0.15) is 0 Å². The molecule has 2 aliphatic rings. The number of hydrogen-bond donors (Lipinski definition) is 1. The Labute approximate surface area is 137 Å². The predicted molar refractivity (Wildman–Crippen MR) is 89.8 cm³/mol. The number of amides is 1. The first-order valence-corrected chi connectivity index (χ1v) is 8.36. The summed E-state index contributed by atoms with van der Waals surface area (Å²) >= 11 is 6.00. The standard InChI is InChI=1S/C18H23ClN2O/c1-3-17(22)20-18(12-4-6-14(19)7-5-12)13-10-15-8-9-16(11-13)21(15)2/h3-7,13,15-16,18H,1,8-11H2,2H3,(H,20,22). The van der Waals surface area contributed by atoms with E-state index in [0.29, 0.717) is 18.0 Å². The third kappa shape index (κ3) is 3.06. The normalized spacial score (nSPS) is 29.1. The SMILES string of the molecule is C=CC(=O)NC(c1ccc(Cl)cc1)C1CC2CCC(C1)N2C. The lowest BCUT2D eigenvalue weighted by atomic mass is 9.82. The lowest BCUT2D eigenvalue weighted by molar-refractivity contribution is -0.117. The second kappa shape index (κ2) is 6.43. The second-order valence-electron chi connectivity index (χ2n) is 6.52. The zero-order chi connectivity index (χ0) is 15.7. The molecule has 2 fully saturated rings. The molecule has 1 amide bonds. The molecule has 2 heterocycles. The van der Waals surface area contributed by atoms with Crippen LogP contribution < -0.4 is 5.32 Å². The van der Waals surface area contributed by atoms with Crippen molar-refractivity contribution in [3.63, 3.8) is 0 Å². The molecule has 3 atom stereocenters. The molecule has 3 nitrogen and oxygen atoms in total. The molecule has 2 aliphatic heterocycles. The van der Waals surface area contributed by atoms with Crippen molar-refractivity contribution in [3.8, 4) is 0 Å². The van der Waals surface area contributed by atoms with Crippen LogP contribution in [-0.4, -0.2) is 29.9 Å². The number of nitrogens with one attached hydrogen (secondary N) is 1. The van der Waals surface area contributed by atoms with Gasteiger partial charge >= 0.3 is 0 Å². The molecule has 0 aromatic heterocycles. The Morgan fingerprint density at radius 1 is 1.32 bits per heavy atom. The zero-order valence-electron chi connectivity index (χ0n) is 13.0. The maximum absolute atomic E-state index is 11.9.